The van der Waals surface area contributed by atoms with E-state index in [-0.39, 0.29) is 11.7 Å². The Morgan fingerprint density at radius 3 is 2.63 bits per heavy atom. The van der Waals surface area contributed by atoms with E-state index in [1.165, 1.54) is 4.88 Å². The van der Waals surface area contributed by atoms with Crippen LogP contribution in [0.2, 0.25) is 0 Å². The number of carbonyl (C=O) groups is 1. The van der Waals surface area contributed by atoms with Crippen molar-refractivity contribution in [2.24, 2.45) is 0 Å². The van der Waals surface area contributed by atoms with Gasteiger partial charge in [-0.1, -0.05) is 48.6 Å². The van der Waals surface area contributed by atoms with Crippen LogP contribution in [0.25, 0.3) is 6.08 Å². The van der Waals surface area contributed by atoms with Crippen molar-refractivity contribution in [1.29, 1.82) is 0 Å². The standard InChI is InChI=1S/C17H16OS/c1-2-15(17-9-6-12-19-17)13-16(18)11-10-14-7-4-3-5-8-14/h2-12,15H,1,13H2/b11-10+/t15-/m1/s1. The molecule has 19 heavy (non-hydrogen) atoms. The van der Waals surface area contributed by atoms with Crippen molar-refractivity contribution in [3.8, 4) is 0 Å². The smallest absolute Gasteiger partial charge is 0.156 e. The monoisotopic (exact) mass is 268 g/mol. The summed E-state index contributed by atoms with van der Waals surface area (Å²) in [5.74, 6) is 0.245. The summed E-state index contributed by atoms with van der Waals surface area (Å²) in [6.45, 7) is 3.82. The summed E-state index contributed by atoms with van der Waals surface area (Å²) in [5, 5.41) is 2.02. The average Bonchev–Trinajstić information content (AvgIpc) is 2.97. The van der Waals surface area contributed by atoms with Gasteiger partial charge in [-0.05, 0) is 23.1 Å². The van der Waals surface area contributed by atoms with Gasteiger partial charge in [-0.25, -0.2) is 0 Å². The van der Waals surface area contributed by atoms with E-state index in [0.717, 1.165) is 5.56 Å². The molecule has 2 aromatic rings. The number of benzene rings is 1. The minimum absolute atomic E-state index is 0.118. The fraction of sp³-hybridized carbons (Fsp3) is 0.118. The molecule has 1 aromatic heterocycles. The SMILES string of the molecule is C=C[C@H](CC(=O)/C=C/c1ccccc1)c1cccs1. The Hall–Kier alpha value is -1.93. The van der Waals surface area contributed by atoms with Crippen LogP contribution in [-0.2, 0) is 4.79 Å². The maximum atomic E-state index is 12.0. The van der Waals surface area contributed by atoms with Crippen molar-refractivity contribution in [3.05, 3.63) is 77.0 Å². The van der Waals surface area contributed by atoms with E-state index in [0.29, 0.717) is 6.42 Å². The molecule has 0 aliphatic heterocycles. The highest BCUT2D eigenvalue weighted by Crippen LogP contribution is 2.25. The molecular weight excluding hydrogens is 252 g/mol. The Morgan fingerprint density at radius 1 is 1.21 bits per heavy atom. The van der Waals surface area contributed by atoms with Crippen molar-refractivity contribution in [3.63, 3.8) is 0 Å². The van der Waals surface area contributed by atoms with Gasteiger partial charge in [-0.15, -0.1) is 17.9 Å². The first-order valence-corrected chi connectivity index (χ1v) is 7.09. The molecule has 1 heterocycles. The lowest BCUT2D eigenvalue weighted by Gasteiger charge is -2.07. The second-order valence-corrected chi connectivity index (χ2v) is 5.25. The molecule has 0 N–H and O–H groups in total. The molecule has 0 spiro atoms. The molecule has 96 valence electrons. The third-order valence-corrected chi connectivity index (χ3v) is 3.88. The van der Waals surface area contributed by atoms with Gasteiger partial charge in [0.25, 0.3) is 0 Å². The zero-order valence-electron chi connectivity index (χ0n) is 10.7. The molecular formula is C17H16OS. The summed E-state index contributed by atoms with van der Waals surface area (Å²) >= 11 is 1.66. The second kappa shape index (κ2) is 6.86. The van der Waals surface area contributed by atoms with Gasteiger partial charge in [-0.3, -0.25) is 4.79 Å². The summed E-state index contributed by atoms with van der Waals surface area (Å²) in [6, 6.07) is 13.9. The number of ketones is 1. The molecule has 0 fully saturated rings. The summed E-state index contributed by atoms with van der Waals surface area (Å²) in [5.41, 5.74) is 1.04. The van der Waals surface area contributed by atoms with Crippen LogP contribution >= 0.6 is 11.3 Å². The molecule has 0 bridgehead atoms. The molecule has 0 radical (unpaired) electrons. The van der Waals surface area contributed by atoms with Crippen molar-refractivity contribution in [1.82, 2.24) is 0 Å². The van der Waals surface area contributed by atoms with Crippen LogP contribution in [0.1, 0.15) is 22.8 Å². The maximum Gasteiger partial charge on any atom is 0.156 e. The number of hydrogen-bond donors (Lipinski definition) is 0. The molecule has 1 nitrogen and oxygen atoms in total. The van der Waals surface area contributed by atoms with E-state index >= 15 is 0 Å². The zero-order chi connectivity index (χ0) is 13.5. The zero-order valence-corrected chi connectivity index (χ0v) is 11.5. The predicted octanol–water partition coefficient (Wildman–Crippen LogP) is 4.69. The summed E-state index contributed by atoms with van der Waals surface area (Å²) in [7, 11) is 0. The Balaban J connectivity index is 1.97. The largest absolute Gasteiger partial charge is 0.295 e. The Bertz CT molecular complexity index is 552. The minimum atomic E-state index is 0.118. The van der Waals surface area contributed by atoms with Crippen molar-refractivity contribution in [2.45, 2.75) is 12.3 Å². The molecule has 0 unspecified atom stereocenters. The highest BCUT2D eigenvalue weighted by atomic mass is 32.1. The van der Waals surface area contributed by atoms with Gasteiger partial charge in [0.2, 0.25) is 0 Å². The summed E-state index contributed by atoms with van der Waals surface area (Å²) < 4.78 is 0. The molecule has 2 heteroatoms. The molecule has 1 aromatic carbocycles. The van der Waals surface area contributed by atoms with Gasteiger partial charge in [0.05, 0.1) is 0 Å². The first kappa shape index (κ1) is 13.5. The molecule has 0 amide bonds. The predicted molar refractivity (Wildman–Crippen MR) is 82.4 cm³/mol. The minimum Gasteiger partial charge on any atom is -0.295 e. The fourth-order valence-electron chi connectivity index (χ4n) is 1.84. The van der Waals surface area contributed by atoms with Gasteiger partial charge in [0, 0.05) is 17.2 Å². The second-order valence-electron chi connectivity index (χ2n) is 4.27. The van der Waals surface area contributed by atoms with Gasteiger partial charge in [0.1, 0.15) is 0 Å². The Morgan fingerprint density at radius 2 is 2.00 bits per heavy atom. The Labute approximate surface area is 117 Å². The molecule has 0 saturated heterocycles. The highest BCUT2D eigenvalue weighted by Gasteiger charge is 2.11. The van der Waals surface area contributed by atoms with E-state index in [1.54, 1.807) is 17.4 Å². The van der Waals surface area contributed by atoms with Gasteiger partial charge >= 0.3 is 0 Å². The van der Waals surface area contributed by atoms with Crippen molar-refractivity contribution in [2.75, 3.05) is 0 Å². The van der Waals surface area contributed by atoms with Gasteiger partial charge in [0.15, 0.2) is 5.78 Å². The van der Waals surface area contributed by atoms with Crippen molar-refractivity contribution >= 4 is 23.2 Å². The Kier molecular flexibility index (Phi) is 4.87. The molecule has 0 aliphatic carbocycles. The number of allylic oxidation sites excluding steroid dienone is 2. The van der Waals surface area contributed by atoms with Crippen LogP contribution in [0, 0.1) is 0 Å². The molecule has 2 rings (SSSR count). The van der Waals surface area contributed by atoms with E-state index in [2.05, 4.69) is 6.58 Å². The topological polar surface area (TPSA) is 17.1 Å². The van der Waals surface area contributed by atoms with E-state index in [4.69, 9.17) is 0 Å². The van der Waals surface area contributed by atoms with Crippen LogP contribution < -0.4 is 0 Å². The summed E-state index contributed by atoms with van der Waals surface area (Å²) in [4.78, 5) is 13.1. The molecule has 0 saturated carbocycles. The van der Waals surface area contributed by atoms with Gasteiger partial charge in [-0.2, -0.15) is 0 Å². The highest BCUT2D eigenvalue weighted by molar-refractivity contribution is 7.10. The quantitative estimate of drug-likeness (QED) is 0.548. The lowest BCUT2D eigenvalue weighted by atomic mass is 10.0. The maximum absolute atomic E-state index is 12.0. The normalized spacial score (nSPS) is 12.4. The first-order valence-electron chi connectivity index (χ1n) is 6.21. The summed E-state index contributed by atoms with van der Waals surface area (Å²) in [6.07, 6.45) is 5.84. The van der Waals surface area contributed by atoms with E-state index in [9.17, 15) is 4.79 Å². The lowest BCUT2D eigenvalue weighted by molar-refractivity contribution is -0.114. The third-order valence-electron chi connectivity index (χ3n) is 2.88. The fourth-order valence-corrected chi connectivity index (χ4v) is 2.67. The van der Waals surface area contributed by atoms with Crippen LogP contribution in [0.3, 0.4) is 0 Å². The van der Waals surface area contributed by atoms with Crippen LogP contribution in [0.15, 0.2) is 66.6 Å². The number of thiophene rings is 1. The van der Waals surface area contributed by atoms with Crippen molar-refractivity contribution < 1.29 is 4.79 Å². The molecule has 0 aliphatic rings. The average molecular weight is 268 g/mol. The van der Waals surface area contributed by atoms with Gasteiger partial charge < -0.3 is 0 Å². The van der Waals surface area contributed by atoms with Crippen LogP contribution in [0.5, 0.6) is 0 Å². The van der Waals surface area contributed by atoms with Crippen LogP contribution in [0.4, 0.5) is 0 Å². The van der Waals surface area contributed by atoms with E-state index in [1.807, 2.05) is 60.0 Å². The van der Waals surface area contributed by atoms with E-state index < -0.39 is 0 Å². The number of carbonyl (C=O) groups excluding carboxylic acids is 1. The first-order chi connectivity index (χ1) is 9.29. The third kappa shape index (κ3) is 4.04. The number of hydrogen-bond acceptors (Lipinski definition) is 2. The van der Waals surface area contributed by atoms with Crippen LogP contribution in [-0.4, -0.2) is 5.78 Å². The molecule has 1 atom stereocenters. The number of rotatable bonds is 6. The lowest BCUT2D eigenvalue weighted by Crippen LogP contribution is -2.00.